The maximum atomic E-state index is 16.0. The molecule has 2 saturated heterocycles. The van der Waals surface area contributed by atoms with Crippen molar-refractivity contribution in [2.45, 2.75) is 266 Å². The average Bonchev–Trinajstić information content (AvgIpc) is 0.764. The number of benzene rings is 5. The first kappa shape index (κ1) is 95.1. The normalized spacial score (nSPS) is 26.4. The maximum Gasteiger partial charge on any atom is 0.330 e. The number of carbonyl (C=O) groups is 9. The third kappa shape index (κ3) is 24.6. The number of aliphatic hydroxyl groups excluding tert-OH is 6. The summed E-state index contributed by atoms with van der Waals surface area (Å²) in [7, 11) is 1.47. The van der Waals surface area contributed by atoms with Gasteiger partial charge >= 0.3 is 11.9 Å². The average molecular weight is 1730 g/mol. The topological polar surface area (TPSA) is 568 Å². The molecule has 0 saturated carbocycles. The minimum Gasteiger partial charge on any atom is -0.508 e. The molecule has 7 aliphatic heterocycles. The third-order valence-corrected chi connectivity index (χ3v) is 22.4. The molecule has 5 aromatic carbocycles. The number of nitrogens with two attached hydrogens (primary N) is 2. The molecular weight excluding hydrogens is 1620 g/mol. The van der Waals surface area contributed by atoms with Crippen molar-refractivity contribution in [2.24, 2.45) is 17.4 Å². The van der Waals surface area contributed by atoms with E-state index in [4.69, 9.17) is 68.2 Å². The lowest BCUT2D eigenvalue weighted by Crippen LogP contribution is -2.64. The minimum atomic E-state index is -2.35. The highest BCUT2D eigenvalue weighted by Gasteiger charge is 2.52. The Kier molecular flexibility index (Phi) is 34.1. The standard InChI is InChI=1S/C66H75Cl2N9O24.C18H36O2/c1-23(2)12-34(71-5)58(88)76-49-51(83)26-7-10-38(32(67)14-26)97-40-16-28-17-41(55(40)101-65-56(54(86)53(85)42(22-78)99-65)100-44-21-66(4,70)57(87)24(3)96-44)98-39-11-8-27(15-33(39)68)52(84)50-63(93)75-48(64(94)95)31-18-29(79)19-37(81)45(31)30-13-25(6-9-36(30)80)46(60(90)77-50)74-61(91)47(28)73-59(89)35(20-43(69)82)72-62(49)92;1-2-3-4-5-6-7-8-9-10-11-12-13-14-15-16-17-18(19)20/h6-11,13-19,23-24,34-35,42,44,46-54,56-57,65,71,78-81,83-87H,12,20-22,70H2,1-5H3,(H2,69,82)(H,72,92)(H,73,89)(H,74,91)(H,75,93)(H,76,88)(H,77,90)(H,94,95);2-17H2,1H3,(H,19,20)/t24-,34+,35-,42+,44-,46+,47+,48+,49+,50-,51+,52+,53+,54-,56+,57?,65-,66-;/m0./s1. The Morgan fingerprint density at radius 3 is 1.73 bits per heavy atom. The number of fused-ring (bicyclic) bond motifs is 15. The van der Waals surface area contributed by atoms with E-state index in [1.807, 2.05) is 13.8 Å². The molecule has 662 valence electrons. The van der Waals surface area contributed by atoms with Crippen molar-refractivity contribution in [3.63, 3.8) is 0 Å². The number of carboxylic acid groups (broad SMARTS) is 2. The Bertz CT molecular complexity index is 4500. The van der Waals surface area contributed by atoms with Crippen LogP contribution < -0.4 is 62.9 Å². The van der Waals surface area contributed by atoms with E-state index in [1.165, 1.54) is 116 Å². The monoisotopic (exact) mass is 1730 g/mol. The number of nitrogens with one attached hydrogen (secondary N) is 7. The van der Waals surface area contributed by atoms with Crippen LogP contribution in [0.15, 0.2) is 78.9 Å². The number of rotatable bonds is 29. The number of hydrogen-bond donors (Lipinski definition) is 20. The van der Waals surface area contributed by atoms with Crippen LogP contribution in [0.3, 0.4) is 0 Å². The van der Waals surface area contributed by atoms with Crippen molar-refractivity contribution in [2.75, 3.05) is 13.7 Å². The number of likely N-dealkylation sites (N-methyl/N-ethyl adjacent to an activating group) is 1. The van der Waals surface area contributed by atoms with E-state index >= 15 is 14.4 Å². The van der Waals surface area contributed by atoms with E-state index in [0.29, 0.717) is 6.42 Å². The van der Waals surface area contributed by atoms with E-state index < -0.39 is 243 Å². The number of aliphatic hydroxyl groups is 6. The van der Waals surface area contributed by atoms with Gasteiger partial charge in [0.15, 0.2) is 29.9 Å². The molecule has 7 aliphatic rings. The number of phenolic OH excluding ortho intramolecular Hbond substituents is 3. The molecule has 0 aliphatic carbocycles. The minimum absolute atomic E-state index is 0.0975. The van der Waals surface area contributed by atoms with Crippen LogP contribution in [0.25, 0.3) is 11.1 Å². The Morgan fingerprint density at radius 2 is 1.19 bits per heavy atom. The molecule has 7 heterocycles. The first-order valence-corrected chi connectivity index (χ1v) is 41.4. The number of ether oxygens (including phenoxy) is 6. The van der Waals surface area contributed by atoms with Gasteiger partial charge in [0.1, 0.15) is 89.5 Å². The van der Waals surface area contributed by atoms with Crippen LogP contribution in [0, 0.1) is 5.92 Å². The van der Waals surface area contributed by atoms with Gasteiger partial charge in [-0.15, -0.1) is 0 Å². The Morgan fingerprint density at radius 1 is 0.636 bits per heavy atom. The van der Waals surface area contributed by atoms with E-state index in [0.717, 1.165) is 79.6 Å². The first-order valence-electron chi connectivity index (χ1n) is 40.6. The van der Waals surface area contributed by atoms with Crippen LogP contribution in [0.5, 0.6) is 46.0 Å². The molecule has 5 aromatic rings. The van der Waals surface area contributed by atoms with Crippen molar-refractivity contribution < 1.29 is 128 Å². The van der Waals surface area contributed by atoms with Gasteiger partial charge in [-0.2, -0.15) is 0 Å². The summed E-state index contributed by atoms with van der Waals surface area (Å²) in [5.74, 6) is -16.6. The van der Waals surface area contributed by atoms with Crippen LogP contribution >= 0.6 is 23.2 Å². The number of phenols is 3. The Balaban J connectivity index is 0.000000734. The van der Waals surface area contributed by atoms with Crippen LogP contribution in [0.2, 0.25) is 10.0 Å². The fraction of sp³-hybridized carbons (Fsp3) is 0.536. The summed E-state index contributed by atoms with van der Waals surface area (Å²) in [6.07, 6.45) is 1.65. The second-order valence-corrected chi connectivity index (χ2v) is 32.6. The number of unbranched alkanes of at least 4 members (excludes halogenated alkanes) is 14. The third-order valence-electron chi connectivity index (χ3n) is 21.8. The molecule has 18 atom stereocenters. The lowest BCUT2D eigenvalue weighted by Gasteiger charge is -2.47. The van der Waals surface area contributed by atoms with Crippen molar-refractivity contribution in [1.29, 1.82) is 0 Å². The summed E-state index contributed by atoms with van der Waals surface area (Å²) in [5.41, 5.74) is 8.00. The van der Waals surface area contributed by atoms with Gasteiger partial charge in [0.2, 0.25) is 53.4 Å². The summed E-state index contributed by atoms with van der Waals surface area (Å²) >= 11 is 14.1. The van der Waals surface area contributed by atoms with Gasteiger partial charge in [0.25, 0.3) is 0 Å². The first-order chi connectivity index (χ1) is 57.4. The van der Waals surface area contributed by atoms with Crippen molar-refractivity contribution in [3.05, 3.63) is 117 Å². The van der Waals surface area contributed by atoms with Crippen molar-refractivity contribution in [3.8, 4) is 57.1 Å². The second-order valence-electron chi connectivity index (χ2n) is 31.8. The maximum absolute atomic E-state index is 16.0. The predicted octanol–water partition coefficient (Wildman–Crippen LogP) is 6.44. The fourth-order valence-corrected chi connectivity index (χ4v) is 15.6. The molecule has 22 N–H and O–H groups in total. The zero-order valence-corrected chi connectivity index (χ0v) is 69.5. The lowest BCUT2D eigenvalue weighted by molar-refractivity contribution is -0.333. The number of aliphatic carboxylic acids is 2. The quantitative estimate of drug-likeness (QED) is 0.0229. The van der Waals surface area contributed by atoms with E-state index in [9.17, 15) is 79.8 Å². The van der Waals surface area contributed by atoms with Gasteiger partial charge in [-0.1, -0.05) is 152 Å². The molecule has 12 rings (SSSR count). The SMILES string of the molecule is CCCCCCCCCCCCCCCCCC(=O)O.CN[C@H](CC(C)C)C(=O)N[C@H]1C(=O)N[C@@H](CC(N)=O)C(=O)N[C@H]2C(=O)N[C@H]3C(=O)N[C@H](C(=O)N[C@@H](C(=O)O)c4cc(O)cc(O)c4-c4cc3ccc4O)[C@H](O)c3ccc(c(Cl)c3)Oc3cc2cc(c3O[C@@H]2O[C@H](CO)[C@@H](O)[C@H](O)[C@H]2O[C@H]2C[C@](C)(N)C(O)[C@H](C)O2)Oc2ccc(cc2Cl)[C@H]1O. The molecule has 121 heavy (non-hydrogen) atoms. The predicted molar refractivity (Wildman–Crippen MR) is 436 cm³/mol. The van der Waals surface area contributed by atoms with Crippen molar-refractivity contribution >= 4 is 76.5 Å². The highest BCUT2D eigenvalue weighted by Crippen LogP contribution is 2.50. The zero-order chi connectivity index (χ0) is 88.4. The fourth-order valence-electron chi connectivity index (χ4n) is 15.1. The van der Waals surface area contributed by atoms with Crippen LogP contribution in [0.4, 0.5) is 0 Å². The molecule has 11 bridgehead atoms. The Hall–Kier alpha value is -9.73. The molecule has 35 nitrogen and oxygen atoms in total. The van der Waals surface area contributed by atoms with E-state index in [1.54, 1.807) is 0 Å². The molecule has 0 spiro atoms. The summed E-state index contributed by atoms with van der Waals surface area (Å²) in [6, 6.07) is -0.679. The smallest absolute Gasteiger partial charge is 0.330 e. The van der Waals surface area contributed by atoms with Gasteiger partial charge in [0.05, 0.1) is 41.3 Å². The van der Waals surface area contributed by atoms with Gasteiger partial charge in [-0.3, -0.25) is 38.4 Å². The highest BCUT2D eigenvalue weighted by atomic mass is 35.5. The second kappa shape index (κ2) is 43.4. The highest BCUT2D eigenvalue weighted by molar-refractivity contribution is 6.32. The molecule has 0 aromatic heterocycles. The number of primary amides is 1. The molecule has 1 unspecified atom stereocenters. The van der Waals surface area contributed by atoms with Gasteiger partial charge in [-0.25, -0.2) is 4.79 Å². The van der Waals surface area contributed by atoms with Gasteiger partial charge < -0.3 is 133 Å². The number of halogens is 2. The number of hydrogen-bond acceptors (Lipinski definition) is 26. The molecular formula is C84H111Cl2N9O26. The summed E-state index contributed by atoms with van der Waals surface area (Å²) in [4.78, 5) is 127. The molecule has 0 radical (unpaired) electrons. The lowest BCUT2D eigenvalue weighted by atomic mass is 9.86. The van der Waals surface area contributed by atoms with Gasteiger partial charge in [-0.05, 0) is 117 Å². The van der Waals surface area contributed by atoms with Crippen LogP contribution in [0.1, 0.15) is 215 Å². The summed E-state index contributed by atoms with van der Waals surface area (Å²) < 4.78 is 38.3. The van der Waals surface area contributed by atoms with Crippen LogP contribution in [-0.4, -0.2) is 202 Å². The Labute approximate surface area is 708 Å². The number of carboxylic acids is 2. The molecule has 7 amide bonds. The number of amides is 7. The molecule has 2 fully saturated rings. The van der Waals surface area contributed by atoms with E-state index in [-0.39, 0.29) is 46.2 Å². The largest absolute Gasteiger partial charge is 0.508 e. The number of carbonyl (C=O) groups excluding carboxylic acids is 7. The van der Waals surface area contributed by atoms with Crippen molar-refractivity contribution in [1.82, 2.24) is 37.2 Å². The van der Waals surface area contributed by atoms with E-state index in [2.05, 4.69) is 44.1 Å². The van der Waals surface area contributed by atoms with Crippen LogP contribution in [-0.2, 0) is 57.4 Å². The molecule has 37 heteroatoms. The number of aromatic hydroxyl groups is 3. The van der Waals surface area contributed by atoms with Gasteiger partial charge in [0, 0.05) is 41.1 Å². The zero-order valence-electron chi connectivity index (χ0n) is 68.0. The summed E-state index contributed by atoms with van der Waals surface area (Å²) in [6.45, 7) is 7.93. The summed E-state index contributed by atoms with van der Waals surface area (Å²) in [5, 5.41) is 139.